The number of likely N-dealkylation sites (tertiary alicyclic amines) is 1. The SMILES string of the molecule is Cc1ccc(C2=NOC(CN3CCCCCC3)C2)cc1.Cl. The van der Waals surface area contributed by atoms with Crippen molar-refractivity contribution in [1.82, 2.24) is 4.90 Å². The van der Waals surface area contributed by atoms with Crippen molar-refractivity contribution in [1.29, 1.82) is 0 Å². The number of hydrogen-bond donors (Lipinski definition) is 0. The summed E-state index contributed by atoms with van der Waals surface area (Å²) in [6, 6.07) is 8.57. The first-order valence-electron chi connectivity index (χ1n) is 7.83. The molecular formula is C17H25ClN2O. The van der Waals surface area contributed by atoms with Crippen molar-refractivity contribution in [3.05, 3.63) is 35.4 Å². The average Bonchev–Trinajstić information content (AvgIpc) is 2.76. The Morgan fingerprint density at radius 1 is 1.10 bits per heavy atom. The van der Waals surface area contributed by atoms with Crippen molar-refractivity contribution >= 4 is 18.1 Å². The molecule has 3 nitrogen and oxygen atoms in total. The summed E-state index contributed by atoms with van der Waals surface area (Å²) >= 11 is 0. The molecule has 0 amide bonds. The molecule has 0 aromatic heterocycles. The van der Waals surface area contributed by atoms with E-state index in [0.717, 1.165) is 18.7 Å². The smallest absolute Gasteiger partial charge is 0.145 e. The molecule has 4 heteroatoms. The fraction of sp³-hybridized carbons (Fsp3) is 0.588. The van der Waals surface area contributed by atoms with Crippen LogP contribution in [0.2, 0.25) is 0 Å². The summed E-state index contributed by atoms with van der Waals surface area (Å²) in [5, 5.41) is 4.30. The molecule has 2 heterocycles. The van der Waals surface area contributed by atoms with Crippen molar-refractivity contribution in [2.24, 2.45) is 5.16 Å². The summed E-state index contributed by atoms with van der Waals surface area (Å²) < 4.78 is 0. The van der Waals surface area contributed by atoms with E-state index in [1.54, 1.807) is 0 Å². The molecule has 21 heavy (non-hydrogen) atoms. The first-order valence-corrected chi connectivity index (χ1v) is 7.83. The largest absolute Gasteiger partial charge is 0.390 e. The summed E-state index contributed by atoms with van der Waals surface area (Å²) in [7, 11) is 0. The van der Waals surface area contributed by atoms with Crippen molar-refractivity contribution in [2.45, 2.75) is 45.1 Å². The molecule has 0 N–H and O–H groups in total. The minimum Gasteiger partial charge on any atom is -0.390 e. The van der Waals surface area contributed by atoms with Gasteiger partial charge in [0.05, 0.1) is 5.71 Å². The highest BCUT2D eigenvalue weighted by molar-refractivity contribution is 6.01. The number of rotatable bonds is 3. The van der Waals surface area contributed by atoms with Gasteiger partial charge in [-0.3, -0.25) is 4.90 Å². The summed E-state index contributed by atoms with van der Waals surface area (Å²) in [6.07, 6.45) is 6.61. The third-order valence-electron chi connectivity index (χ3n) is 4.28. The van der Waals surface area contributed by atoms with Crippen LogP contribution < -0.4 is 0 Å². The lowest BCUT2D eigenvalue weighted by molar-refractivity contribution is 0.0535. The van der Waals surface area contributed by atoms with Crippen molar-refractivity contribution < 1.29 is 4.84 Å². The van der Waals surface area contributed by atoms with Gasteiger partial charge in [0.1, 0.15) is 6.10 Å². The highest BCUT2D eigenvalue weighted by Gasteiger charge is 2.24. The van der Waals surface area contributed by atoms with Crippen LogP contribution in [0, 0.1) is 6.92 Å². The molecular weight excluding hydrogens is 284 g/mol. The summed E-state index contributed by atoms with van der Waals surface area (Å²) in [5.74, 6) is 0. The normalized spacial score (nSPS) is 22.9. The number of benzene rings is 1. The topological polar surface area (TPSA) is 24.8 Å². The Kier molecular flexibility index (Phi) is 6.07. The Bertz CT molecular complexity index is 464. The van der Waals surface area contributed by atoms with Gasteiger partial charge in [0.25, 0.3) is 0 Å². The van der Waals surface area contributed by atoms with Crippen LogP contribution in [0.15, 0.2) is 29.4 Å². The highest BCUT2D eigenvalue weighted by atomic mass is 35.5. The molecule has 1 fully saturated rings. The maximum absolute atomic E-state index is 5.64. The van der Waals surface area contributed by atoms with Crippen molar-refractivity contribution in [3.63, 3.8) is 0 Å². The first kappa shape index (κ1) is 16.3. The van der Waals surface area contributed by atoms with Crippen LogP contribution in [0.1, 0.15) is 43.2 Å². The van der Waals surface area contributed by atoms with Gasteiger partial charge < -0.3 is 4.84 Å². The third-order valence-corrected chi connectivity index (χ3v) is 4.28. The van der Waals surface area contributed by atoms with Gasteiger partial charge in [-0.05, 0) is 38.4 Å². The zero-order valence-electron chi connectivity index (χ0n) is 12.8. The molecule has 0 radical (unpaired) electrons. The summed E-state index contributed by atoms with van der Waals surface area (Å²) in [4.78, 5) is 8.19. The van der Waals surface area contributed by atoms with Crippen LogP contribution in [0.3, 0.4) is 0 Å². The monoisotopic (exact) mass is 308 g/mol. The van der Waals surface area contributed by atoms with Crippen LogP contribution in [0.25, 0.3) is 0 Å². The maximum Gasteiger partial charge on any atom is 0.145 e. The number of aryl methyl sites for hydroxylation is 1. The van der Waals surface area contributed by atoms with Crippen LogP contribution in [-0.2, 0) is 4.84 Å². The van der Waals surface area contributed by atoms with Gasteiger partial charge >= 0.3 is 0 Å². The van der Waals surface area contributed by atoms with Crippen LogP contribution >= 0.6 is 12.4 Å². The molecule has 1 aromatic carbocycles. The quantitative estimate of drug-likeness (QED) is 0.849. The fourth-order valence-corrected chi connectivity index (χ4v) is 3.05. The minimum atomic E-state index is 0. The summed E-state index contributed by atoms with van der Waals surface area (Å²) in [5.41, 5.74) is 3.59. The lowest BCUT2D eigenvalue weighted by Gasteiger charge is -2.22. The number of hydrogen-bond acceptors (Lipinski definition) is 3. The molecule has 1 unspecified atom stereocenters. The zero-order valence-corrected chi connectivity index (χ0v) is 13.6. The highest BCUT2D eigenvalue weighted by Crippen LogP contribution is 2.19. The summed E-state index contributed by atoms with van der Waals surface area (Å²) in [6.45, 7) is 5.58. The van der Waals surface area contributed by atoms with Gasteiger partial charge in [-0.2, -0.15) is 0 Å². The van der Waals surface area contributed by atoms with E-state index in [0.29, 0.717) is 0 Å². The molecule has 2 aliphatic heterocycles. The molecule has 116 valence electrons. The minimum absolute atomic E-state index is 0. The molecule has 0 saturated carbocycles. The van der Waals surface area contributed by atoms with Gasteiger partial charge in [-0.25, -0.2) is 0 Å². The molecule has 0 bridgehead atoms. The molecule has 2 aliphatic rings. The second kappa shape index (κ2) is 7.81. The van der Waals surface area contributed by atoms with E-state index in [-0.39, 0.29) is 18.5 Å². The number of oxime groups is 1. The Hall–Kier alpha value is -1.06. The molecule has 0 aliphatic carbocycles. The van der Waals surface area contributed by atoms with Gasteiger partial charge in [0.15, 0.2) is 0 Å². The lowest BCUT2D eigenvalue weighted by atomic mass is 10.0. The third kappa shape index (κ3) is 4.45. The molecule has 1 atom stereocenters. The van der Waals surface area contributed by atoms with E-state index < -0.39 is 0 Å². The van der Waals surface area contributed by atoms with Gasteiger partial charge in [0, 0.05) is 13.0 Å². The van der Waals surface area contributed by atoms with Gasteiger partial charge in [-0.15, -0.1) is 12.4 Å². The lowest BCUT2D eigenvalue weighted by Crippen LogP contribution is -2.33. The predicted octanol–water partition coefficient (Wildman–Crippen LogP) is 3.79. The van der Waals surface area contributed by atoms with E-state index in [2.05, 4.69) is 41.2 Å². The zero-order chi connectivity index (χ0) is 13.8. The number of halogens is 1. The average molecular weight is 309 g/mol. The Morgan fingerprint density at radius 3 is 2.43 bits per heavy atom. The van der Waals surface area contributed by atoms with E-state index in [4.69, 9.17) is 4.84 Å². The van der Waals surface area contributed by atoms with Crippen LogP contribution in [-0.4, -0.2) is 36.3 Å². The first-order chi connectivity index (χ1) is 9.81. The molecule has 3 rings (SSSR count). The second-order valence-corrected chi connectivity index (χ2v) is 6.05. The Labute approximate surface area is 133 Å². The second-order valence-electron chi connectivity index (χ2n) is 6.05. The molecule has 1 saturated heterocycles. The maximum atomic E-state index is 5.64. The number of nitrogens with zero attached hydrogens (tertiary/aromatic N) is 2. The molecule has 0 spiro atoms. The van der Waals surface area contributed by atoms with Gasteiger partial charge in [-0.1, -0.05) is 47.8 Å². The fourth-order valence-electron chi connectivity index (χ4n) is 3.05. The van der Waals surface area contributed by atoms with Gasteiger partial charge in [0.2, 0.25) is 0 Å². The van der Waals surface area contributed by atoms with Crippen LogP contribution in [0.5, 0.6) is 0 Å². The Balaban J connectivity index is 0.00000161. The van der Waals surface area contributed by atoms with Crippen LogP contribution in [0.4, 0.5) is 0 Å². The van der Waals surface area contributed by atoms with Crippen molar-refractivity contribution in [2.75, 3.05) is 19.6 Å². The standard InChI is InChI=1S/C17H24N2O.ClH/c1-14-6-8-15(9-7-14)17-12-16(20-18-17)13-19-10-4-2-3-5-11-19;/h6-9,16H,2-5,10-13H2,1H3;1H. The van der Waals surface area contributed by atoms with E-state index >= 15 is 0 Å². The molecule has 1 aromatic rings. The van der Waals surface area contributed by atoms with E-state index in [1.165, 1.54) is 49.9 Å². The van der Waals surface area contributed by atoms with E-state index in [9.17, 15) is 0 Å². The van der Waals surface area contributed by atoms with Crippen molar-refractivity contribution in [3.8, 4) is 0 Å². The Morgan fingerprint density at radius 2 is 1.76 bits per heavy atom. The predicted molar refractivity (Wildman–Crippen MR) is 89.4 cm³/mol. The van der Waals surface area contributed by atoms with E-state index in [1.807, 2.05) is 0 Å².